The molecular weight excluding hydrogens is 205 g/mol. The molecule has 0 spiro atoms. The lowest BCUT2D eigenvalue weighted by Gasteiger charge is -2.10. The summed E-state index contributed by atoms with van der Waals surface area (Å²) < 4.78 is 15.6. The molecule has 86 valence electrons. The Balaban J connectivity index is 2.72. The maximum absolute atomic E-state index is 13.8. The molecular formula is C12H16FN3. The molecule has 1 aromatic carbocycles. The average molecular weight is 221 g/mol. The van der Waals surface area contributed by atoms with Gasteiger partial charge in [0.2, 0.25) is 0 Å². The van der Waals surface area contributed by atoms with Gasteiger partial charge in [0, 0.05) is 12.5 Å². The van der Waals surface area contributed by atoms with E-state index in [4.69, 9.17) is 5.73 Å². The normalized spacial score (nSPS) is 11.6. The van der Waals surface area contributed by atoms with Crippen LogP contribution in [0.25, 0.3) is 10.9 Å². The first kappa shape index (κ1) is 11.1. The van der Waals surface area contributed by atoms with Crippen LogP contribution in [0.4, 0.5) is 4.39 Å². The van der Waals surface area contributed by atoms with E-state index < -0.39 is 0 Å². The highest BCUT2D eigenvalue weighted by Crippen LogP contribution is 2.24. The first-order chi connectivity index (χ1) is 7.65. The molecule has 1 aromatic heterocycles. The summed E-state index contributed by atoms with van der Waals surface area (Å²) in [5, 5.41) is 5.03. The van der Waals surface area contributed by atoms with Crippen molar-refractivity contribution in [1.82, 2.24) is 9.78 Å². The van der Waals surface area contributed by atoms with Crippen LogP contribution >= 0.6 is 0 Å². The van der Waals surface area contributed by atoms with E-state index in [1.807, 2.05) is 24.6 Å². The lowest BCUT2D eigenvalue weighted by Crippen LogP contribution is -2.12. The summed E-state index contributed by atoms with van der Waals surface area (Å²) in [6.45, 7) is 4.56. The summed E-state index contributed by atoms with van der Waals surface area (Å²) in [7, 11) is 0. The maximum Gasteiger partial charge on any atom is 0.134 e. The molecule has 0 amide bonds. The second-order valence-corrected chi connectivity index (χ2v) is 4.16. The number of aromatic nitrogens is 2. The lowest BCUT2D eigenvalue weighted by atomic mass is 10.1. The molecule has 0 unspecified atom stereocenters. The molecule has 2 N–H and O–H groups in total. The van der Waals surface area contributed by atoms with E-state index in [1.54, 1.807) is 6.07 Å². The summed E-state index contributed by atoms with van der Waals surface area (Å²) in [6.07, 6.45) is 0.648. The first-order valence-electron chi connectivity index (χ1n) is 5.50. The van der Waals surface area contributed by atoms with Gasteiger partial charge in [-0.2, -0.15) is 5.10 Å². The number of nitrogens with two attached hydrogens (primary N) is 1. The molecule has 0 aliphatic heterocycles. The van der Waals surface area contributed by atoms with Gasteiger partial charge in [0.05, 0.1) is 16.6 Å². The van der Waals surface area contributed by atoms with Crippen LogP contribution in [0.5, 0.6) is 0 Å². The van der Waals surface area contributed by atoms with Gasteiger partial charge in [0.15, 0.2) is 0 Å². The van der Waals surface area contributed by atoms with E-state index in [0.717, 1.165) is 5.69 Å². The van der Waals surface area contributed by atoms with E-state index in [0.29, 0.717) is 23.9 Å². The van der Waals surface area contributed by atoms with Crippen molar-refractivity contribution in [2.75, 3.05) is 6.54 Å². The number of halogens is 1. The zero-order valence-corrected chi connectivity index (χ0v) is 9.57. The summed E-state index contributed by atoms with van der Waals surface area (Å²) >= 11 is 0. The van der Waals surface area contributed by atoms with E-state index in [2.05, 4.69) is 5.10 Å². The molecule has 0 radical (unpaired) electrons. The fourth-order valence-corrected chi connectivity index (χ4v) is 1.98. The van der Waals surface area contributed by atoms with Crippen LogP contribution in [0.1, 0.15) is 25.6 Å². The SMILES string of the molecule is CC(C)n1nc2cccc(F)c2c1CCN. The van der Waals surface area contributed by atoms with Crippen LogP contribution in [-0.2, 0) is 6.42 Å². The van der Waals surface area contributed by atoms with Crippen molar-refractivity contribution >= 4 is 10.9 Å². The largest absolute Gasteiger partial charge is 0.330 e. The fraction of sp³-hybridized carbons (Fsp3) is 0.417. The molecule has 0 bridgehead atoms. The topological polar surface area (TPSA) is 43.8 Å². The quantitative estimate of drug-likeness (QED) is 0.864. The molecule has 4 heteroatoms. The Morgan fingerprint density at radius 1 is 1.44 bits per heavy atom. The number of hydrogen-bond acceptors (Lipinski definition) is 2. The molecule has 0 aliphatic carbocycles. The second kappa shape index (κ2) is 4.22. The highest BCUT2D eigenvalue weighted by atomic mass is 19.1. The Labute approximate surface area is 94.1 Å². The smallest absolute Gasteiger partial charge is 0.134 e. The van der Waals surface area contributed by atoms with Gasteiger partial charge in [0.25, 0.3) is 0 Å². The predicted molar refractivity (Wildman–Crippen MR) is 62.8 cm³/mol. The van der Waals surface area contributed by atoms with Gasteiger partial charge >= 0.3 is 0 Å². The number of benzene rings is 1. The molecule has 0 aliphatic rings. The van der Waals surface area contributed by atoms with Crippen LogP contribution in [0.15, 0.2) is 18.2 Å². The minimum Gasteiger partial charge on any atom is -0.330 e. The third-order valence-corrected chi connectivity index (χ3v) is 2.64. The van der Waals surface area contributed by atoms with Crippen molar-refractivity contribution in [2.24, 2.45) is 5.73 Å². The van der Waals surface area contributed by atoms with Crippen molar-refractivity contribution in [3.8, 4) is 0 Å². The monoisotopic (exact) mass is 221 g/mol. The molecule has 3 nitrogen and oxygen atoms in total. The third kappa shape index (κ3) is 1.69. The van der Waals surface area contributed by atoms with Gasteiger partial charge in [-0.1, -0.05) is 6.07 Å². The molecule has 0 atom stereocenters. The minimum atomic E-state index is -0.215. The van der Waals surface area contributed by atoms with Crippen molar-refractivity contribution in [3.63, 3.8) is 0 Å². The molecule has 2 rings (SSSR count). The van der Waals surface area contributed by atoms with Crippen molar-refractivity contribution in [3.05, 3.63) is 29.7 Å². The summed E-state index contributed by atoms with van der Waals surface area (Å²) in [5.74, 6) is -0.215. The predicted octanol–water partition coefficient (Wildman–Crippen LogP) is 2.26. The third-order valence-electron chi connectivity index (χ3n) is 2.64. The Morgan fingerprint density at radius 3 is 2.81 bits per heavy atom. The second-order valence-electron chi connectivity index (χ2n) is 4.16. The number of hydrogen-bond donors (Lipinski definition) is 1. The van der Waals surface area contributed by atoms with Crippen molar-refractivity contribution in [1.29, 1.82) is 0 Å². The Morgan fingerprint density at radius 2 is 2.19 bits per heavy atom. The molecule has 0 saturated carbocycles. The van der Waals surface area contributed by atoms with Crippen LogP contribution in [0, 0.1) is 5.82 Å². The zero-order valence-electron chi connectivity index (χ0n) is 9.57. The van der Waals surface area contributed by atoms with Gasteiger partial charge in [-0.3, -0.25) is 4.68 Å². The van der Waals surface area contributed by atoms with Gasteiger partial charge in [-0.25, -0.2) is 4.39 Å². The summed E-state index contributed by atoms with van der Waals surface area (Å²) in [5.41, 5.74) is 7.17. The summed E-state index contributed by atoms with van der Waals surface area (Å²) in [4.78, 5) is 0. The number of nitrogens with zero attached hydrogens (tertiary/aromatic N) is 2. The van der Waals surface area contributed by atoms with Crippen LogP contribution in [0.2, 0.25) is 0 Å². The molecule has 16 heavy (non-hydrogen) atoms. The first-order valence-corrected chi connectivity index (χ1v) is 5.50. The Bertz CT molecular complexity index is 502. The van der Waals surface area contributed by atoms with Crippen LogP contribution in [0.3, 0.4) is 0 Å². The zero-order chi connectivity index (χ0) is 11.7. The Hall–Kier alpha value is -1.42. The molecule has 0 fully saturated rings. The summed E-state index contributed by atoms with van der Waals surface area (Å²) in [6, 6.07) is 5.20. The van der Waals surface area contributed by atoms with Gasteiger partial charge < -0.3 is 5.73 Å². The highest BCUT2D eigenvalue weighted by molar-refractivity contribution is 5.82. The number of fused-ring (bicyclic) bond motifs is 1. The van der Waals surface area contributed by atoms with Crippen molar-refractivity contribution in [2.45, 2.75) is 26.3 Å². The average Bonchev–Trinajstić information content (AvgIpc) is 2.59. The van der Waals surface area contributed by atoms with Crippen LogP contribution in [-0.4, -0.2) is 16.3 Å². The van der Waals surface area contributed by atoms with Gasteiger partial charge in [0.1, 0.15) is 5.82 Å². The van der Waals surface area contributed by atoms with Gasteiger partial charge in [-0.05, 0) is 32.5 Å². The molecule has 1 heterocycles. The van der Waals surface area contributed by atoms with Crippen LogP contribution < -0.4 is 5.73 Å². The molecule has 0 saturated heterocycles. The Kier molecular flexibility index (Phi) is 2.92. The standard InChI is InChI=1S/C12H16FN3/c1-8(2)16-11(6-7-14)12-9(13)4-3-5-10(12)15-16/h3-5,8H,6-7,14H2,1-2H3. The lowest BCUT2D eigenvalue weighted by molar-refractivity contribution is 0.513. The van der Waals surface area contributed by atoms with E-state index in [-0.39, 0.29) is 11.9 Å². The van der Waals surface area contributed by atoms with Crippen molar-refractivity contribution < 1.29 is 4.39 Å². The van der Waals surface area contributed by atoms with Gasteiger partial charge in [-0.15, -0.1) is 0 Å². The van der Waals surface area contributed by atoms with E-state index in [9.17, 15) is 4.39 Å². The highest BCUT2D eigenvalue weighted by Gasteiger charge is 2.15. The molecule has 2 aromatic rings. The fourth-order valence-electron chi connectivity index (χ4n) is 1.98. The van der Waals surface area contributed by atoms with E-state index >= 15 is 0 Å². The number of rotatable bonds is 3. The minimum absolute atomic E-state index is 0.215. The van der Waals surface area contributed by atoms with E-state index in [1.165, 1.54) is 6.07 Å². The maximum atomic E-state index is 13.8.